The lowest BCUT2D eigenvalue weighted by Crippen LogP contribution is -2.43. The molecule has 4 heteroatoms. The average Bonchev–Trinajstić information content (AvgIpc) is 2.79. The summed E-state index contributed by atoms with van der Waals surface area (Å²) in [7, 11) is 0. The quantitative estimate of drug-likeness (QED) is 0.616. The predicted octanol–water partition coefficient (Wildman–Crippen LogP) is 5.51. The van der Waals surface area contributed by atoms with Gasteiger partial charge in [0.1, 0.15) is 0 Å². The second kappa shape index (κ2) is 7.36. The highest BCUT2D eigenvalue weighted by Gasteiger charge is 2.38. The van der Waals surface area contributed by atoms with Crippen LogP contribution in [0.2, 0.25) is 0 Å². The zero-order chi connectivity index (χ0) is 16.8. The minimum Gasteiger partial charge on any atom is -0.292 e. The second-order valence-electron chi connectivity index (χ2n) is 8.15. The Bertz CT molecular complexity index is 804. The van der Waals surface area contributed by atoms with Gasteiger partial charge in [0.15, 0.2) is 0 Å². The number of rotatable bonds is 1. The van der Waals surface area contributed by atoms with Crippen LogP contribution < -0.4 is 0 Å². The van der Waals surface area contributed by atoms with Crippen molar-refractivity contribution in [2.45, 2.75) is 76.3 Å². The molecule has 0 amide bonds. The van der Waals surface area contributed by atoms with E-state index in [0.717, 1.165) is 30.8 Å². The maximum Gasteiger partial charge on any atom is 0.231 e. The van der Waals surface area contributed by atoms with Crippen LogP contribution in [0.15, 0.2) is 24.3 Å². The van der Waals surface area contributed by atoms with Crippen LogP contribution in [-0.2, 0) is 6.42 Å². The number of halogens is 1. The van der Waals surface area contributed by atoms with Crippen molar-refractivity contribution in [3.8, 4) is 0 Å². The first kappa shape index (κ1) is 18.1. The van der Waals surface area contributed by atoms with Gasteiger partial charge in [-0.05, 0) is 43.7 Å². The normalized spacial score (nSPS) is 24.6. The molecule has 0 N–H and O–H groups in total. The molecule has 0 bridgehead atoms. The SMILES string of the molecule is Cl.O=C1CCCC2c3c(c4ccccc4n31)CCN2C1CCCCCC1. The molecule has 1 fully saturated rings. The molecule has 1 aliphatic carbocycles. The van der Waals surface area contributed by atoms with Gasteiger partial charge in [-0.1, -0.05) is 43.9 Å². The fourth-order valence-electron chi connectivity index (χ4n) is 5.65. The summed E-state index contributed by atoms with van der Waals surface area (Å²) >= 11 is 0. The predicted molar refractivity (Wildman–Crippen MR) is 108 cm³/mol. The van der Waals surface area contributed by atoms with Crippen LogP contribution in [0.5, 0.6) is 0 Å². The van der Waals surface area contributed by atoms with Gasteiger partial charge in [-0.25, -0.2) is 0 Å². The Morgan fingerprint density at radius 3 is 2.46 bits per heavy atom. The van der Waals surface area contributed by atoms with Crippen molar-refractivity contribution in [1.29, 1.82) is 0 Å². The lowest BCUT2D eigenvalue weighted by Gasteiger charge is -2.41. The fourth-order valence-corrected chi connectivity index (χ4v) is 5.65. The summed E-state index contributed by atoms with van der Waals surface area (Å²) in [6, 6.07) is 9.73. The number of nitrogens with zero attached hydrogens (tertiary/aromatic N) is 2. The Hall–Kier alpha value is -1.32. The first-order valence-corrected chi connectivity index (χ1v) is 10.3. The van der Waals surface area contributed by atoms with Crippen LogP contribution in [0.4, 0.5) is 0 Å². The van der Waals surface area contributed by atoms with Crippen LogP contribution in [0.25, 0.3) is 10.9 Å². The van der Waals surface area contributed by atoms with Crippen LogP contribution in [0, 0.1) is 0 Å². The molecule has 2 aliphatic heterocycles. The highest BCUT2D eigenvalue weighted by Crippen LogP contribution is 2.43. The number of hydrogen-bond acceptors (Lipinski definition) is 2. The van der Waals surface area contributed by atoms with Gasteiger partial charge in [-0.15, -0.1) is 12.4 Å². The van der Waals surface area contributed by atoms with Gasteiger partial charge in [-0.3, -0.25) is 14.3 Å². The summed E-state index contributed by atoms with van der Waals surface area (Å²) in [5, 5.41) is 1.32. The molecule has 0 radical (unpaired) electrons. The minimum atomic E-state index is 0. The molecule has 1 atom stereocenters. The van der Waals surface area contributed by atoms with Gasteiger partial charge >= 0.3 is 0 Å². The molecule has 140 valence electrons. The van der Waals surface area contributed by atoms with E-state index in [1.54, 1.807) is 0 Å². The first-order chi connectivity index (χ1) is 12.3. The van der Waals surface area contributed by atoms with Crippen molar-refractivity contribution < 1.29 is 4.79 Å². The summed E-state index contributed by atoms with van der Waals surface area (Å²) in [5.74, 6) is 0.308. The van der Waals surface area contributed by atoms with E-state index in [1.807, 2.05) is 0 Å². The third kappa shape index (κ3) is 2.80. The number of benzene rings is 1. The number of carbonyl (C=O) groups is 1. The molecule has 0 spiro atoms. The van der Waals surface area contributed by atoms with Gasteiger partial charge < -0.3 is 0 Å². The Kier molecular flexibility index (Phi) is 5.11. The van der Waals surface area contributed by atoms with Gasteiger partial charge in [0, 0.05) is 30.1 Å². The molecular formula is C22H29ClN2O. The van der Waals surface area contributed by atoms with E-state index in [4.69, 9.17) is 0 Å². The summed E-state index contributed by atoms with van der Waals surface area (Å²) < 4.78 is 2.10. The molecule has 1 unspecified atom stereocenters. The molecule has 5 rings (SSSR count). The van der Waals surface area contributed by atoms with E-state index in [1.165, 1.54) is 61.7 Å². The summed E-state index contributed by atoms with van der Waals surface area (Å²) in [4.78, 5) is 15.7. The average molecular weight is 373 g/mol. The second-order valence-corrected chi connectivity index (χ2v) is 8.15. The van der Waals surface area contributed by atoms with Crippen LogP contribution in [-0.4, -0.2) is 28.0 Å². The number of aromatic nitrogens is 1. The van der Waals surface area contributed by atoms with Crippen molar-refractivity contribution in [2.24, 2.45) is 0 Å². The zero-order valence-corrected chi connectivity index (χ0v) is 16.3. The zero-order valence-electron chi connectivity index (χ0n) is 15.5. The highest BCUT2D eigenvalue weighted by molar-refractivity contribution is 5.96. The van der Waals surface area contributed by atoms with Crippen LogP contribution in [0.3, 0.4) is 0 Å². The lowest BCUT2D eigenvalue weighted by molar-refractivity contribution is 0.0897. The molecular weight excluding hydrogens is 344 g/mol. The van der Waals surface area contributed by atoms with Crippen LogP contribution >= 0.6 is 12.4 Å². The Balaban J connectivity index is 0.00000168. The summed E-state index contributed by atoms with van der Waals surface area (Å²) in [5.41, 5.74) is 3.95. The van der Waals surface area contributed by atoms with Gasteiger partial charge in [-0.2, -0.15) is 0 Å². The van der Waals surface area contributed by atoms with Crippen LogP contribution in [0.1, 0.15) is 79.9 Å². The fraction of sp³-hybridized carbons (Fsp3) is 0.591. The molecule has 26 heavy (non-hydrogen) atoms. The Morgan fingerprint density at radius 2 is 1.65 bits per heavy atom. The standard InChI is InChI=1S/C22H28N2O.ClH/c25-21-13-7-12-20-22-18(17-10-5-6-11-19(17)24(21)22)14-15-23(20)16-8-3-1-2-4-9-16;/h5-6,10-11,16,20H,1-4,7-9,12-15H2;1H. The highest BCUT2D eigenvalue weighted by atomic mass is 35.5. The number of fused-ring (bicyclic) bond motifs is 3. The van der Waals surface area contributed by atoms with Crippen molar-refractivity contribution >= 4 is 29.2 Å². The van der Waals surface area contributed by atoms with Gasteiger partial charge in [0.25, 0.3) is 0 Å². The van der Waals surface area contributed by atoms with E-state index < -0.39 is 0 Å². The molecule has 1 saturated carbocycles. The van der Waals surface area contributed by atoms with Crippen molar-refractivity contribution in [2.75, 3.05) is 6.54 Å². The number of carbonyl (C=O) groups excluding carboxylic acids is 1. The first-order valence-electron chi connectivity index (χ1n) is 10.3. The summed E-state index contributed by atoms with van der Waals surface area (Å²) in [6.07, 6.45) is 12.2. The number of hydrogen-bond donors (Lipinski definition) is 0. The largest absolute Gasteiger partial charge is 0.292 e. The van der Waals surface area contributed by atoms with E-state index in [9.17, 15) is 4.79 Å². The molecule has 1 aromatic heterocycles. The maximum absolute atomic E-state index is 12.9. The van der Waals surface area contributed by atoms with Crippen molar-refractivity contribution in [3.05, 3.63) is 35.5 Å². The lowest BCUT2D eigenvalue weighted by atomic mass is 9.91. The topological polar surface area (TPSA) is 25.2 Å². The van der Waals surface area contributed by atoms with E-state index in [0.29, 0.717) is 18.4 Å². The third-order valence-electron chi connectivity index (χ3n) is 6.77. The number of para-hydroxylation sites is 1. The molecule has 0 saturated heterocycles. The van der Waals surface area contributed by atoms with E-state index in [-0.39, 0.29) is 12.4 Å². The molecule has 3 nitrogen and oxygen atoms in total. The monoisotopic (exact) mass is 372 g/mol. The van der Waals surface area contributed by atoms with E-state index >= 15 is 0 Å². The summed E-state index contributed by atoms with van der Waals surface area (Å²) in [6.45, 7) is 1.17. The minimum absolute atomic E-state index is 0. The smallest absolute Gasteiger partial charge is 0.231 e. The van der Waals surface area contributed by atoms with Gasteiger partial charge in [0.2, 0.25) is 5.91 Å². The molecule has 3 heterocycles. The Morgan fingerprint density at radius 1 is 0.885 bits per heavy atom. The molecule has 3 aliphatic rings. The van der Waals surface area contributed by atoms with Crippen molar-refractivity contribution in [1.82, 2.24) is 9.47 Å². The van der Waals surface area contributed by atoms with E-state index in [2.05, 4.69) is 33.7 Å². The molecule has 1 aromatic carbocycles. The molecule has 2 aromatic rings. The maximum atomic E-state index is 12.9. The Labute approximate surface area is 162 Å². The van der Waals surface area contributed by atoms with Gasteiger partial charge in [0.05, 0.1) is 11.6 Å². The third-order valence-corrected chi connectivity index (χ3v) is 6.77. The van der Waals surface area contributed by atoms with Crippen molar-refractivity contribution in [3.63, 3.8) is 0 Å².